The average Bonchev–Trinajstić information content (AvgIpc) is 2.77. The van der Waals surface area contributed by atoms with Crippen LogP contribution in [0, 0.1) is 6.92 Å². The van der Waals surface area contributed by atoms with Gasteiger partial charge in [0.25, 0.3) is 0 Å². The quantitative estimate of drug-likeness (QED) is 0.668. The number of aryl methyl sites for hydroxylation is 1. The lowest BCUT2D eigenvalue weighted by atomic mass is 10.3. The molecule has 0 aliphatic heterocycles. The number of nitrogens with one attached hydrogen (secondary N) is 1. The largest absolute Gasteiger partial charge is 0.312 e. The van der Waals surface area contributed by atoms with Crippen LogP contribution in [0.15, 0.2) is 0 Å². The van der Waals surface area contributed by atoms with Gasteiger partial charge in [-0.3, -0.25) is 0 Å². The van der Waals surface area contributed by atoms with Crippen molar-refractivity contribution in [1.29, 1.82) is 0 Å². The van der Waals surface area contributed by atoms with Crippen LogP contribution in [0.2, 0.25) is 0 Å². The molecule has 0 aliphatic rings. The third-order valence-corrected chi connectivity index (χ3v) is 4.68. The first kappa shape index (κ1) is 16.6. The minimum atomic E-state index is 0.981. The minimum Gasteiger partial charge on any atom is -0.312 e. The molecular weight excluding hydrogens is 254 g/mol. The number of thiazole rings is 1. The topological polar surface area (TPSA) is 28.2 Å². The van der Waals surface area contributed by atoms with Crippen molar-refractivity contribution in [3.8, 4) is 0 Å². The molecule has 0 saturated carbocycles. The summed E-state index contributed by atoms with van der Waals surface area (Å²) in [7, 11) is 0. The maximum absolute atomic E-state index is 4.70. The molecule has 1 rings (SSSR count). The first-order chi connectivity index (χ1) is 9.21. The second-order valence-electron chi connectivity index (χ2n) is 4.92. The van der Waals surface area contributed by atoms with Crippen molar-refractivity contribution in [2.24, 2.45) is 0 Å². The van der Waals surface area contributed by atoms with Gasteiger partial charge in [-0.2, -0.15) is 0 Å². The molecule has 0 aromatic carbocycles. The van der Waals surface area contributed by atoms with Gasteiger partial charge in [-0.05, 0) is 33.0 Å². The Morgan fingerprint density at radius 1 is 1.21 bits per heavy atom. The molecule has 3 nitrogen and oxygen atoms in total. The van der Waals surface area contributed by atoms with Crippen molar-refractivity contribution in [2.45, 2.75) is 53.5 Å². The second-order valence-corrected chi connectivity index (χ2v) is 6.09. The number of nitrogens with zero attached hydrogens (tertiary/aromatic N) is 2. The maximum atomic E-state index is 4.70. The third kappa shape index (κ3) is 6.02. The molecular formula is C15H29N3S. The van der Waals surface area contributed by atoms with E-state index in [1.165, 1.54) is 28.4 Å². The fourth-order valence-corrected chi connectivity index (χ4v) is 3.08. The highest BCUT2D eigenvalue weighted by atomic mass is 32.1. The molecule has 110 valence electrons. The van der Waals surface area contributed by atoms with Crippen molar-refractivity contribution >= 4 is 11.3 Å². The van der Waals surface area contributed by atoms with Gasteiger partial charge in [0.2, 0.25) is 0 Å². The molecule has 1 N–H and O–H groups in total. The van der Waals surface area contributed by atoms with E-state index < -0.39 is 0 Å². The van der Waals surface area contributed by atoms with Gasteiger partial charge in [-0.25, -0.2) is 4.98 Å². The Balaban J connectivity index is 2.40. The first-order valence-corrected chi connectivity index (χ1v) is 8.41. The highest BCUT2D eigenvalue weighted by Gasteiger charge is 2.08. The zero-order chi connectivity index (χ0) is 14.1. The van der Waals surface area contributed by atoms with Crippen LogP contribution in [0.5, 0.6) is 0 Å². The van der Waals surface area contributed by atoms with Crippen LogP contribution in [0.1, 0.15) is 49.2 Å². The lowest BCUT2D eigenvalue weighted by Crippen LogP contribution is -2.25. The fourth-order valence-electron chi connectivity index (χ4n) is 2.06. The van der Waals surface area contributed by atoms with E-state index in [1.807, 2.05) is 11.3 Å². The molecule has 0 amide bonds. The minimum absolute atomic E-state index is 0.981. The van der Waals surface area contributed by atoms with Crippen LogP contribution in [-0.2, 0) is 13.0 Å². The summed E-state index contributed by atoms with van der Waals surface area (Å²) in [6.07, 6.45) is 3.60. The molecule has 0 unspecified atom stereocenters. The number of likely N-dealkylation sites (N-methyl/N-ethyl adjacent to an activating group) is 1. The Labute approximate surface area is 122 Å². The highest BCUT2D eigenvalue weighted by molar-refractivity contribution is 7.11. The highest BCUT2D eigenvalue weighted by Crippen LogP contribution is 2.18. The Morgan fingerprint density at radius 2 is 1.95 bits per heavy atom. The Morgan fingerprint density at radius 3 is 2.58 bits per heavy atom. The third-order valence-electron chi connectivity index (χ3n) is 3.47. The van der Waals surface area contributed by atoms with Crippen molar-refractivity contribution in [3.05, 3.63) is 15.6 Å². The van der Waals surface area contributed by atoms with Crippen molar-refractivity contribution in [3.63, 3.8) is 0 Å². The molecule has 0 bridgehead atoms. The normalized spacial score (nSPS) is 11.4. The monoisotopic (exact) mass is 283 g/mol. The van der Waals surface area contributed by atoms with Crippen LogP contribution in [0.25, 0.3) is 0 Å². The summed E-state index contributed by atoms with van der Waals surface area (Å²) in [5.74, 6) is 0. The summed E-state index contributed by atoms with van der Waals surface area (Å²) < 4.78 is 0. The van der Waals surface area contributed by atoms with Crippen LogP contribution in [-0.4, -0.2) is 36.1 Å². The van der Waals surface area contributed by atoms with E-state index in [1.54, 1.807) is 0 Å². The molecule has 0 spiro atoms. The predicted octanol–water partition coefficient (Wildman–Crippen LogP) is 3.23. The van der Waals surface area contributed by atoms with Gasteiger partial charge in [-0.1, -0.05) is 27.2 Å². The molecule has 0 atom stereocenters. The lowest BCUT2D eigenvalue weighted by molar-refractivity contribution is 0.308. The van der Waals surface area contributed by atoms with E-state index >= 15 is 0 Å². The average molecular weight is 283 g/mol. The zero-order valence-corrected chi connectivity index (χ0v) is 13.8. The summed E-state index contributed by atoms with van der Waals surface area (Å²) in [4.78, 5) is 8.56. The lowest BCUT2D eigenvalue weighted by Gasteiger charge is -2.16. The number of aromatic nitrogens is 1. The van der Waals surface area contributed by atoms with E-state index in [4.69, 9.17) is 4.98 Å². The van der Waals surface area contributed by atoms with Crippen LogP contribution in [0.3, 0.4) is 0 Å². The number of hydrogen-bond acceptors (Lipinski definition) is 4. The molecule has 0 fully saturated rings. The van der Waals surface area contributed by atoms with E-state index in [-0.39, 0.29) is 0 Å². The molecule has 1 aromatic heterocycles. The Kier molecular flexibility index (Phi) is 8.26. The smallest absolute Gasteiger partial charge is 0.0944 e. The maximum Gasteiger partial charge on any atom is 0.0944 e. The molecule has 0 saturated heterocycles. The Hall–Kier alpha value is -0.450. The van der Waals surface area contributed by atoms with Gasteiger partial charge in [0, 0.05) is 24.4 Å². The summed E-state index contributed by atoms with van der Waals surface area (Å²) in [5.41, 5.74) is 1.21. The van der Waals surface area contributed by atoms with Gasteiger partial charge >= 0.3 is 0 Å². The summed E-state index contributed by atoms with van der Waals surface area (Å²) in [6, 6.07) is 0. The molecule has 0 radical (unpaired) electrons. The van der Waals surface area contributed by atoms with Gasteiger partial charge < -0.3 is 10.2 Å². The molecule has 1 heterocycles. The van der Waals surface area contributed by atoms with Gasteiger partial charge in [0.05, 0.1) is 10.7 Å². The number of hydrogen-bond donors (Lipinski definition) is 1. The summed E-state index contributed by atoms with van der Waals surface area (Å²) >= 11 is 1.88. The predicted molar refractivity (Wildman–Crippen MR) is 85.0 cm³/mol. The van der Waals surface area contributed by atoms with E-state index in [9.17, 15) is 0 Å². The first-order valence-electron chi connectivity index (χ1n) is 7.59. The van der Waals surface area contributed by atoms with Crippen molar-refractivity contribution < 1.29 is 0 Å². The van der Waals surface area contributed by atoms with Gasteiger partial charge in [0.15, 0.2) is 0 Å². The second kappa shape index (κ2) is 9.45. The van der Waals surface area contributed by atoms with Gasteiger partial charge in [0.1, 0.15) is 0 Å². The number of rotatable bonds is 10. The Bertz CT molecular complexity index is 345. The van der Waals surface area contributed by atoms with Crippen LogP contribution >= 0.6 is 11.3 Å². The van der Waals surface area contributed by atoms with E-state index in [2.05, 4.69) is 37.9 Å². The van der Waals surface area contributed by atoms with Crippen molar-refractivity contribution in [2.75, 3.05) is 26.2 Å². The van der Waals surface area contributed by atoms with Crippen molar-refractivity contribution in [1.82, 2.24) is 15.2 Å². The van der Waals surface area contributed by atoms with Crippen LogP contribution in [0.4, 0.5) is 0 Å². The fraction of sp³-hybridized carbons (Fsp3) is 0.800. The van der Waals surface area contributed by atoms with Gasteiger partial charge in [-0.15, -0.1) is 11.3 Å². The SMILES string of the molecule is CCCCNCc1sc(CCN(CC)CC)nc1C. The standard InChI is InChI=1S/C15H29N3S/c1-5-8-10-16-12-14-13(4)17-15(19-14)9-11-18(6-2)7-3/h16H,5-12H2,1-4H3. The number of unbranched alkanes of at least 4 members (excludes halogenated alkanes) is 1. The molecule has 4 heteroatoms. The summed E-state index contributed by atoms with van der Waals surface area (Å²) in [6.45, 7) is 14.3. The van der Waals surface area contributed by atoms with E-state index in [0.29, 0.717) is 0 Å². The molecule has 1 aromatic rings. The molecule has 19 heavy (non-hydrogen) atoms. The zero-order valence-electron chi connectivity index (χ0n) is 13.0. The molecule has 0 aliphatic carbocycles. The summed E-state index contributed by atoms with van der Waals surface area (Å²) in [5, 5.41) is 4.79. The van der Waals surface area contributed by atoms with E-state index in [0.717, 1.165) is 39.1 Å². The van der Waals surface area contributed by atoms with Crippen LogP contribution < -0.4 is 5.32 Å².